The van der Waals surface area contributed by atoms with Crippen LogP contribution in [0.25, 0.3) is 0 Å². The van der Waals surface area contributed by atoms with Crippen molar-refractivity contribution in [3.63, 3.8) is 0 Å². The van der Waals surface area contributed by atoms with Gasteiger partial charge in [-0.15, -0.1) is 0 Å². The number of nitrogens with one attached hydrogen (secondary N) is 1. The van der Waals surface area contributed by atoms with Crippen LogP contribution in [0.4, 0.5) is 4.79 Å². The number of amides is 1. The summed E-state index contributed by atoms with van der Waals surface area (Å²) in [4.78, 5) is 13.4. The van der Waals surface area contributed by atoms with Crippen LogP contribution in [0.1, 0.15) is 39.3 Å². The predicted molar refractivity (Wildman–Crippen MR) is 86.7 cm³/mol. The van der Waals surface area contributed by atoms with Crippen LogP contribution in [0.15, 0.2) is 24.3 Å². The number of benzene rings is 1. The third-order valence-corrected chi connectivity index (χ3v) is 3.32. The summed E-state index contributed by atoms with van der Waals surface area (Å²) >= 11 is 6.16. The molecule has 1 aromatic rings. The molecule has 0 heterocycles. The summed E-state index contributed by atoms with van der Waals surface area (Å²) in [5, 5.41) is 4.10. The van der Waals surface area contributed by atoms with Crippen molar-refractivity contribution in [2.75, 3.05) is 20.1 Å². The molecule has 0 aliphatic rings. The van der Waals surface area contributed by atoms with Crippen LogP contribution in [0.3, 0.4) is 0 Å². The second-order valence-electron chi connectivity index (χ2n) is 6.10. The molecule has 0 saturated heterocycles. The number of halogens is 1. The van der Waals surface area contributed by atoms with Crippen molar-refractivity contribution < 1.29 is 9.53 Å². The van der Waals surface area contributed by atoms with Crippen LogP contribution >= 0.6 is 11.6 Å². The Hall–Kier alpha value is -1.26. The number of nitrogens with zero attached hydrogens (tertiary/aromatic N) is 1. The van der Waals surface area contributed by atoms with Gasteiger partial charge in [0.1, 0.15) is 5.60 Å². The van der Waals surface area contributed by atoms with Crippen molar-refractivity contribution in [2.24, 2.45) is 0 Å². The van der Waals surface area contributed by atoms with E-state index in [1.807, 2.05) is 45.0 Å². The summed E-state index contributed by atoms with van der Waals surface area (Å²) < 4.78 is 5.30. The molecule has 0 bridgehead atoms. The minimum atomic E-state index is -0.469. The van der Waals surface area contributed by atoms with Crippen LogP contribution in [0.5, 0.6) is 0 Å². The first-order valence-electron chi connectivity index (χ1n) is 7.12. The maximum absolute atomic E-state index is 11.8. The molecule has 0 spiro atoms. The lowest BCUT2D eigenvalue weighted by Crippen LogP contribution is -2.38. The summed E-state index contributed by atoms with van der Waals surface area (Å²) in [5.74, 6) is 0. The van der Waals surface area contributed by atoms with Gasteiger partial charge in [-0.3, -0.25) is 0 Å². The zero-order valence-corrected chi connectivity index (χ0v) is 14.2. The van der Waals surface area contributed by atoms with Crippen molar-refractivity contribution in [1.82, 2.24) is 10.2 Å². The van der Waals surface area contributed by atoms with E-state index >= 15 is 0 Å². The van der Waals surface area contributed by atoms with E-state index in [9.17, 15) is 4.79 Å². The molecule has 1 aromatic carbocycles. The van der Waals surface area contributed by atoms with Crippen LogP contribution < -0.4 is 5.32 Å². The van der Waals surface area contributed by atoms with Crippen molar-refractivity contribution in [3.05, 3.63) is 34.9 Å². The van der Waals surface area contributed by atoms with E-state index in [2.05, 4.69) is 12.2 Å². The highest BCUT2D eigenvalue weighted by molar-refractivity contribution is 6.31. The van der Waals surface area contributed by atoms with Crippen LogP contribution in [-0.4, -0.2) is 36.7 Å². The van der Waals surface area contributed by atoms with E-state index in [4.69, 9.17) is 16.3 Å². The molecule has 1 unspecified atom stereocenters. The summed E-state index contributed by atoms with van der Waals surface area (Å²) in [6.45, 7) is 8.87. The Morgan fingerprint density at radius 3 is 2.57 bits per heavy atom. The van der Waals surface area contributed by atoms with Crippen molar-refractivity contribution in [3.8, 4) is 0 Å². The second kappa shape index (κ2) is 7.66. The minimum absolute atomic E-state index is 0.130. The Morgan fingerprint density at radius 2 is 2.00 bits per heavy atom. The fourth-order valence-corrected chi connectivity index (χ4v) is 2.12. The van der Waals surface area contributed by atoms with Crippen molar-refractivity contribution >= 4 is 17.7 Å². The SMILES string of the molecule is CC(NCCN(C)C(=O)OC(C)(C)C)c1ccccc1Cl. The van der Waals surface area contributed by atoms with Crippen LogP contribution in [0.2, 0.25) is 5.02 Å². The lowest BCUT2D eigenvalue weighted by atomic mass is 10.1. The van der Waals surface area contributed by atoms with Gasteiger partial charge in [-0.2, -0.15) is 0 Å². The van der Waals surface area contributed by atoms with Gasteiger partial charge in [-0.05, 0) is 39.3 Å². The number of hydrogen-bond acceptors (Lipinski definition) is 3. The van der Waals surface area contributed by atoms with E-state index in [0.29, 0.717) is 13.1 Å². The molecule has 1 N–H and O–H groups in total. The van der Waals surface area contributed by atoms with Gasteiger partial charge in [0.25, 0.3) is 0 Å². The average Bonchev–Trinajstić information content (AvgIpc) is 2.36. The molecule has 5 heteroatoms. The Bertz CT molecular complexity index is 472. The van der Waals surface area contributed by atoms with Gasteiger partial charge in [0, 0.05) is 31.2 Å². The number of rotatable bonds is 5. The Kier molecular flexibility index (Phi) is 6.49. The third-order valence-electron chi connectivity index (χ3n) is 2.97. The summed E-state index contributed by atoms with van der Waals surface area (Å²) in [6.07, 6.45) is -0.310. The molecular weight excluding hydrogens is 288 g/mol. The normalized spacial score (nSPS) is 12.9. The van der Waals surface area contributed by atoms with Crippen molar-refractivity contribution in [2.45, 2.75) is 39.3 Å². The van der Waals surface area contributed by atoms with Gasteiger partial charge in [0.2, 0.25) is 0 Å². The number of carbonyl (C=O) groups is 1. The van der Waals surface area contributed by atoms with E-state index in [1.165, 1.54) is 0 Å². The summed E-state index contributed by atoms with van der Waals surface area (Å²) in [5.41, 5.74) is 0.586. The molecule has 0 aromatic heterocycles. The van der Waals surface area contributed by atoms with E-state index in [-0.39, 0.29) is 12.1 Å². The summed E-state index contributed by atoms with van der Waals surface area (Å²) in [6, 6.07) is 7.88. The van der Waals surface area contributed by atoms with Crippen molar-refractivity contribution in [1.29, 1.82) is 0 Å². The highest BCUT2D eigenvalue weighted by Crippen LogP contribution is 2.21. The molecule has 0 saturated carbocycles. The summed E-state index contributed by atoms with van der Waals surface area (Å²) in [7, 11) is 1.73. The topological polar surface area (TPSA) is 41.6 Å². The highest BCUT2D eigenvalue weighted by atomic mass is 35.5. The predicted octanol–water partition coefficient (Wildman–Crippen LogP) is 3.86. The van der Waals surface area contributed by atoms with Gasteiger partial charge >= 0.3 is 6.09 Å². The largest absolute Gasteiger partial charge is 0.444 e. The molecule has 0 radical (unpaired) electrons. The first-order chi connectivity index (χ1) is 9.70. The quantitative estimate of drug-likeness (QED) is 0.897. The molecule has 0 aliphatic heterocycles. The molecule has 1 amide bonds. The maximum Gasteiger partial charge on any atom is 0.410 e. The van der Waals surface area contributed by atoms with Gasteiger partial charge in [0.05, 0.1) is 0 Å². The molecule has 0 aliphatic carbocycles. The van der Waals surface area contributed by atoms with Gasteiger partial charge < -0.3 is 15.0 Å². The molecular formula is C16H25ClN2O2. The lowest BCUT2D eigenvalue weighted by Gasteiger charge is -2.25. The highest BCUT2D eigenvalue weighted by Gasteiger charge is 2.19. The van der Waals surface area contributed by atoms with Crippen LogP contribution in [0, 0.1) is 0 Å². The smallest absolute Gasteiger partial charge is 0.410 e. The number of ether oxygens (including phenoxy) is 1. The lowest BCUT2D eigenvalue weighted by molar-refractivity contribution is 0.0299. The standard InChI is InChI=1S/C16H25ClN2O2/c1-12(13-8-6-7-9-14(13)17)18-10-11-19(5)15(20)21-16(2,3)4/h6-9,12,18H,10-11H2,1-5H3. The Labute approximate surface area is 132 Å². The average molecular weight is 313 g/mol. The molecule has 21 heavy (non-hydrogen) atoms. The van der Waals surface area contributed by atoms with E-state index in [1.54, 1.807) is 11.9 Å². The van der Waals surface area contributed by atoms with Gasteiger partial charge in [-0.1, -0.05) is 29.8 Å². The monoisotopic (exact) mass is 312 g/mol. The number of hydrogen-bond donors (Lipinski definition) is 1. The fourth-order valence-electron chi connectivity index (χ4n) is 1.82. The first-order valence-corrected chi connectivity index (χ1v) is 7.50. The van der Waals surface area contributed by atoms with Gasteiger partial charge in [0.15, 0.2) is 0 Å². The minimum Gasteiger partial charge on any atom is -0.444 e. The molecule has 4 nitrogen and oxygen atoms in total. The Balaban J connectivity index is 2.40. The first kappa shape index (κ1) is 17.8. The maximum atomic E-state index is 11.8. The zero-order chi connectivity index (χ0) is 16.0. The molecule has 1 atom stereocenters. The second-order valence-corrected chi connectivity index (χ2v) is 6.51. The zero-order valence-electron chi connectivity index (χ0n) is 13.4. The third kappa shape index (κ3) is 6.36. The Morgan fingerprint density at radius 1 is 1.38 bits per heavy atom. The molecule has 118 valence electrons. The fraction of sp³-hybridized carbons (Fsp3) is 0.562. The van der Waals surface area contributed by atoms with Crippen LogP contribution in [-0.2, 0) is 4.74 Å². The molecule has 0 fully saturated rings. The van der Waals surface area contributed by atoms with Gasteiger partial charge in [-0.25, -0.2) is 4.79 Å². The number of carbonyl (C=O) groups excluding carboxylic acids is 1. The van der Waals surface area contributed by atoms with E-state index in [0.717, 1.165) is 10.6 Å². The molecule has 1 rings (SSSR count). The number of likely N-dealkylation sites (N-methyl/N-ethyl adjacent to an activating group) is 1. The van der Waals surface area contributed by atoms with E-state index < -0.39 is 5.60 Å².